The van der Waals surface area contributed by atoms with Crippen LogP contribution in [-0.4, -0.2) is 38.0 Å². The van der Waals surface area contributed by atoms with Crippen molar-refractivity contribution >= 4 is 0 Å². The Kier molecular flexibility index (Phi) is 5.34. The number of hydrogen-bond acceptors (Lipinski definition) is 3. The lowest BCUT2D eigenvalue weighted by Gasteiger charge is -2.32. The Labute approximate surface area is 179 Å². The van der Waals surface area contributed by atoms with Crippen LogP contribution in [0.2, 0.25) is 0 Å². The third-order valence-electron chi connectivity index (χ3n) is 5.86. The van der Waals surface area contributed by atoms with Crippen LogP contribution in [0.5, 0.6) is 0 Å². The van der Waals surface area contributed by atoms with Crippen molar-refractivity contribution in [1.82, 2.24) is 24.9 Å². The number of nitrogens with zero attached hydrogens (tertiary/aromatic N) is 4. The van der Waals surface area contributed by atoms with Crippen LogP contribution in [0.4, 0.5) is 8.78 Å². The summed E-state index contributed by atoms with van der Waals surface area (Å²) in [6, 6.07) is 13.6. The van der Waals surface area contributed by atoms with Crippen LogP contribution in [-0.2, 0) is 6.54 Å². The fourth-order valence-corrected chi connectivity index (χ4v) is 4.38. The molecule has 1 fully saturated rings. The number of hydrogen-bond donors (Lipinski definition) is 1. The van der Waals surface area contributed by atoms with Crippen molar-refractivity contribution in [2.45, 2.75) is 25.3 Å². The van der Waals surface area contributed by atoms with Gasteiger partial charge in [0, 0.05) is 47.6 Å². The van der Waals surface area contributed by atoms with Crippen LogP contribution in [0.3, 0.4) is 0 Å². The number of piperidine rings is 1. The van der Waals surface area contributed by atoms with E-state index in [2.05, 4.69) is 26.4 Å². The highest BCUT2D eigenvalue weighted by Crippen LogP contribution is 2.34. The quantitative estimate of drug-likeness (QED) is 0.500. The number of halogens is 2. The second-order valence-electron chi connectivity index (χ2n) is 8.02. The zero-order valence-electron chi connectivity index (χ0n) is 17.0. The molecule has 0 radical (unpaired) electrons. The summed E-state index contributed by atoms with van der Waals surface area (Å²) in [6.45, 7) is 2.61. The van der Waals surface area contributed by atoms with Gasteiger partial charge < -0.3 is 0 Å². The van der Waals surface area contributed by atoms with Gasteiger partial charge >= 0.3 is 0 Å². The molecule has 7 heteroatoms. The van der Waals surface area contributed by atoms with Crippen molar-refractivity contribution in [2.75, 3.05) is 13.1 Å². The number of para-hydroxylation sites is 1. The Bertz CT molecular complexity index is 1170. The monoisotopic (exact) mass is 419 g/mol. The Morgan fingerprint density at radius 3 is 2.77 bits per heavy atom. The van der Waals surface area contributed by atoms with Crippen LogP contribution >= 0.6 is 0 Å². The Morgan fingerprint density at radius 2 is 1.90 bits per heavy atom. The van der Waals surface area contributed by atoms with E-state index in [0.717, 1.165) is 55.5 Å². The topological polar surface area (TPSA) is 49.7 Å². The third kappa shape index (κ3) is 4.14. The first-order valence-corrected chi connectivity index (χ1v) is 10.5. The first-order valence-electron chi connectivity index (χ1n) is 10.5. The Hall–Kier alpha value is -3.32. The zero-order chi connectivity index (χ0) is 21.2. The van der Waals surface area contributed by atoms with Gasteiger partial charge in [-0.15, -0.1) is 0 Å². The standard InChI is InChI=1S/C24H23F2N5/c25-19-8-9-23(26)21(11-19)22-13-27-29-24(22)18-5-4-10-30(16-18)14-17-12-28-31(15-17)20-6-2-1-3-7-20/h1-3,6-9,11-13,15,18H,4-5,10,14,16H2,(H,27,29). The molecule has 1 N–H and O–H groups in total. The summed E-state index contributed by atoms with van der Waals surface area (Å²) < 4.78 is 30.0. The first kappa shape index (κ1) is 19.6. The highest BCUT2D eigenvalue weighted by atomic mass is 19.1. The van der Waals surface area contributed by atoms with Crippen molar-refractivity contribution in [3.05, 3.63) is 90.0 Å². The van der Waals surface area contributed by atoms with E-state index in [4.69, 9.17) is 0 Å². The van der Waals surface area contributed by atoms with Gasteiger partial charge in [-0.05, 0) is 49.7 Å². The van der Waals surface area contributed by atoms with Gasteiger partial charge in [0.1, 0.15) is 11.6 Å². The number of aromatic amines is 1. The van der Waals surface area contributed by atoms with E-state index in [1.807, 2.05) is 41.2 Å². The molecule has 1 atom stereocenters. The molecule has 1 saturated heterocycles. The minimum atomic E-state index is -0.454. The number of rotatable bonds is 5. The van der Waals surface area contributed by atoms with E-state index in [-0.39, 0.29) is 11.5 Å². The van der Waals surface area contributed by atoms with Gasteiger partial charge in [-0.25, -0.2) is 13.5 Å². The molecule has 0 spiro atoms. The molecule has 0 aliphatic carbocycles. The van der Waals surface area contributed by atoms with E-state index in [1.165, 1.54) is 12.1 Å². The summed E-state index contributed by atoms with van der Waals surface area (Å²) >= 11 is 0. The minimum Gasteiger partial charge on any atom is -0.298 e. The van der Waals surface area contributed by atoms with Gasteiger partial charge in [0.25, 0.3) is 0 Å². The number of aromatic nitrogens is 4. The maximum Gasteiger partial charge on any atom is 0.131 e. The highest BCUT2D eigenvalue weighted by Gasteiger charge is 2.26. The van der Waals surface area contributed by atoms with Crippen molar-refractivity contribution in [3.8, 4) is 16.8 Å². The predicted molar refractivity (Wildman–Crippen MR) is 115 cm³/mol. The van der Waals surface area contributed by atoms with Gasteiger partial charge in [-0.3, -0.25) is 10.00 Å². The SMILES string of the molecule is Fc1ccc(F)c(-c2cn[nH]c2C2CCCN(Cc3cnn(-c4ccccc4)c3)C2)c1. The average molecular weight is 419 g/mol. The van der Waals surface area contributed by atoms with Crippen molar-refractivity contribution in [3.63, 3.8) is 0 Å². The molecular formula is C24H23F2N5. The van der Waals surface area contributed by atoms with Crippen LogP contribution in [0, 0.1) is 11.6 Å². The van der Waals surface area contributed by atoms with E-state index < -0.39 is 11.6 Å². The molecule has 5 rings (SSSR count). The predicted octanol–water partition coefficient (Wildman–Crippen LogP) is 4.92. The lowest BCUT2D eigenvalue weighted by molar-refractivity contribution is 0.198. The Balaban J connectivity index is 1.33. The molecule has 3 heterocycles. The molecule has 1 unspecified atom stereocenters. The number of H-pyrrole nitrogens is 1. The first-order chi connectivity index (χ1) is 15.2. The van der Waals surface area contributed by atoms with Crippen LogP contribution in [0.15, 0.2) is 67.1 Å². The zero-order valence-corrected chi connectivity index (χ0v) is 17.0. The largest absolute Gasteiger partial charge is 0.298 e. The summed E-state index contributed by atoms with van der Waals surface area (Å²) in [5.41, 5.74) is 3.94. The summed E-state index contributed by atoms with van der Waals surface area (Å²) in [6.07, 6.45) is 7.56. The second-order valence-corrected chi connectivity index (χ2v) is 8.02. The van der Waals surface area contributed by atoms with Crippen molar-refractivity contribution < 1.29 is 8.78 Å². The molecule has 31 heavy (non-hydrogen) atoms. The van der Waals surface area contributed by atoms with Gasteiger partial charge in [0.2, 0.25) is 0 Å². The van der Waals surface area contributed by atoms with Crippen molar-refractivity contribution in [1.29, 1.82) is 0 Å². The third-order valence-corrected chi connectivity index (χ3v) is 5.86. The fraction of sp³-hybridized carbons (Fsp3) is 0.250. The van der Waals surface area contributed by atoms with Crippen LogP contribution in [0.1, 0.15) is 30.0 Å². The van der Waals surface area contributed by atoms with Gasteiger partial charge in [0.05, 0.1) is 18.1 Å². The Morgan fingerprint density at radius 1 is 1.03 bits per heavy atom. The molecule has 5 nitrogen and oxygen atoms in total. The van der Waals surface area contributed by atoms with Crippen LogP contribution < -0.4 is 0 Å². The normalized spacial score (nSPS) is 17.2. The fourth-order valence-electron chi connectivity index (χ4n) is 4.38. The minimum absolute atomic E-state index is 0.179. The molecule has 4 aromatic rings. The smallest absolute Gasteiger partial charge is 0.131 e. The lowest BCUT2D eigenvalue weighted by Crippen LogP contribution is -2.34. The van der Waals surface area contributed by atoms with E-state index in [9.17, 15) is 8.78 Å². The molecule has 158 valence electrons. The van der Waals surface area contributed by atoms with Gasteiger partial charge in [-0.1, -0.05) is 18.2 Å². The van der Waals surface area contributed by atoms with E-state index in [1.54, 1.807) is 6.20 Å². The average Bonchev–Trinajstić information content (AvgIpc) is 3.46. The van der Waals surface area contributed by atoms with E-state index in [0.29, 0.717) is 5.56 Å². The molecule has 0 bridgehead atoms. The summed E-state index contributed by atoms with van der Waals surface area (Å²) in [5, 5.41) is 11.7. The number of likely N-dealkylation sites (tertiary alicyclic amines) is 1. The number of benzene rings is 2. The lowest BCUT2D eigenvalue weighted by atomic mass is 9.90. The molecule has 0 saturated carbocycles. The summed E-state index contributed by atoms with van der Waals surface area (Å²) in [5.74, 6) is -0.715. The van der Waals surface area contributed by atoms with Crippen molar-refractivity contribution in [2.24, 2.45) is 0 Å². The van der Waals surface area contributed by atoms with Crippen LogP contribution in [0.25, 0.3) is 16.8 Å². The molecule has 1 aliphatic rings. The second kappa shape index (κ2) is 8.43. The van der Waals surface area contributed by atoms with E-state index >= 15 is 0 Å². The molecule has 0 amide bonds. The maximum atomic E-state index is 14.4. The van der Waals surface area contributed by atoms with Gasteiger partial charge in [-0.2, -0.15) is 10.2 Å². The summed E-state index contributed by atoms with van der Waals surface area (Å²) in [4.78, 5) is 2.38. The van der Waals surface area contributed by atoms with Gasteiger partial charge in [0.15, 0.2) is 0 Å². The highest BCUT2D eigenvalue weighted by molar-refractivity contribution is 5.66. The number of nitrogens with one attached hydrogen (secondary N) is 1. The summed E-state index contributed by atoms with van der Waals surface area (Å²) in [7, 11) is 0. The molecule has 2 aromatic heterocycles. The molecule has 1 aliphatic heterocycles. The molecule has 2 aromatic carbocycles. The maximum absolute atomic E-state index is 14.4. The molecular weight excluding hydrogens is 396 g/mol.